The number of hydrogen-bond donors (Lipinski definition) is 2. The molecule has 0 spiro atoms. The fraction of sp³-hybridized carbons (Fsp3) is 0.391. The summed E-state index contributed by atoms with van der Waals surface area (Å²) in [6.45, 7) is 6.28. The number of anilines is 2. The highest BCUT2D eigenvalue weighted by molar-refractivity contribution is 6.36. The Bertz CT molecular complexity index is 1280. The second-order valence-electron chi connectivity index (χ2n) is 8.64. The van der Waals surface area contributed by atoms with Gasteiger partial charge in [0.05, 0.1) is 28.6 Å². The van der Waals surface area contributed by atoms with Gasteiger partial charge in [-0.15, -0.1) is 0 Å². The third-order valence-corrected chi connectivity index (χ3v) is 6.89. The summed E-state index contributed by atoms with van der Waals surface area (Å²) in [5.41, 5.74) is 4.67. The first-order chi connectivity index (χ1) is 15.7. The minimum absolute atomic E-state index is 0.0447. The number of fused-ring (bicyclic) bond motifs is 2. The van der Waals surface area contributed by atoms with E-state index in [1.54, 1.807) is 6.33 Å². The van der Waals surface area contributed by atoms with Crippen LogP contribution in [-0.4, -0.2) is 62.0 Å². The standard InChI is InChI=1S/C23H25ClN8/c1-14(30-23-20-22(27-12-26-20)28-13-29-23)17-11-18(24)16-3-2-6-25-19(16)21(17)32-9-7-31(8-10-32)15-4-5-15/h2-3,6,11-15H,4-5,7-10H2,1H3,(H2,26,27,28,29,30). The maximum atomic E-state index is 6.73. The fourth-order valence-electron chi connectivity index (χ4n) is 4.78. The van der Waals surface area contributed by atoms with Crippen LogP contribution in [0.25, 0.3) is 22.1 Å². The number of nitrogens with one attached hydrogen (secondary N) is 2. The second-order valence-corrected chi connectivity index (χ2v) is 9.05. The Labute approximate surface area is 191 Å². The van der Waals surface area contributed by atoms with Crippen LogP contribution in [0.3, 0.4) is 0 Å². The first kappa shape index (κ1) is 19.7. The van der Waals surface area contributed by atoms with Crippen LogP contribution in [-0.2, 0) is 0 Å². The van der Waals surface area contributed by atoms with Crippen LogP contribution in [0.15, 0.2) is 37.1 Å². The molecule has 1 atom stereocenters. The molecule has 6 rings (SSSR count). The van der Waals surface area contributed by atoms with Crippen LogP contribution < -0.4 is 10.2 Å². The van der Waals surface area contributed by atoms with E-state index in [9.17, 15) is 0 Å². The van der Waals surface area contributed by atoms with E-state index in [0.717, 1.165) is 65.7 Å². The van der Waals surface area contributed by atoms with Gasteiger partial charge in [0.25, 0.3) is 0 Å². The molecule has 1 saturated carbocycles. The molecule has 1 unspecified atom stereocenters. The van der Waals surface area contributed by atoms with Gasteiger partial charge in [-0.1, -0.05) is 11.6 Å². The van der Waals surface area contributed by atoms with Crippen molar-refractivity contribution in [2.24, 2.45) is 0 Å². The van der Waals surface area contributed by atoms with Gasteiger partial charge in [-0.25, -0.2) is 15.0 Å². The summed E-state index contributed by atoms with van der Waals surface area (Å²) < 4.78 is 0. The Morgan fingerprint density at radius 1 is 1.12 bits per heavy atom. The van der Waals surface area contributed by atoms with E-state index >= 15 is 0 Å². The number of H-pyrrole nitrogens is 1. The van der Waals surface area contributed by atoms with Crippen molar-refractivity contribution in [2.45, 2.75) is 31.8 Å². The molecule has 0 radical (unpaired) electrons. The lowest BCUT2D eigenvalue weighted by atomic mass is 10.0. The Morgan fingerprint density at radius 3 is 2.78 bits per heavy atom. The lowest BCUT2D eigenvalue weighted by molar-refractivity contribution is 0.248. The molecule has 2 aliphatic rings. The van der Waals surface area contributed by atoms with Crippen LogP contribution in [0.2, 0.25) is 5.02 Å². The van der Waals surface area contributed by atoms with E-state index in [4.69, 9.17) is 16.6 Å². The van der Waals surface area contributed by atoms with Gasteiger partial charge < -0.3 is 15.2 Å². The molecule has 2 fully saturated rings. The molecule has 1 aromatic carbocycles. The van der Waals surface area contributed by atoms with Crippen molar-refractivity contribution in [3.8, 4) is 0 Å². The Kier molecular flexibility index (Phi) is 4.84. The number of hydrogen-bond acceptors (Lipinski definition) is 7. The average Bonchev–Trinajstić information content (AvgIpc) is 3.56. The minimum atomic E-state index is -0.0447. The minimum Gasteiger partial charge on any atom is -0.367 e. The van der Waals surface area contributed by atoms with Crippen molar-refractivity contribution in [1.82, 2.24) is 29.8 Å². The molecular formula is C23H25ClN8. The Morgan fingerprint density at radius 2 is 1.97 bits per heavy atom. The summed E-state index contributed by atoms with van der Waals surface area (Å²) in [6, 6.07) is 6.83. The zero-order chi connectivity index (χ0) is 21.7. The number of piperazine rings is 1. The predicted octanol–water partition coefficient (Wildman–Crippen LogP) is 4.01. The van der Waals surface area contributed by atoms with E-state index in [2.05, 4.69) is 54.1 Å². The first-order valence-electron chi connectivity index (χ1n) is 11.2. The molecular weight excluding hydrogens is 424 g/mol. The van der Waals surface area contributed by atoms with Gasteiger partial charge in [-0.2, -0.15) is 0 Å². The molecule has 0 bridgehead atoms. The molecule has 8 nitrogen and oxygen atoms in total. The number of halogens is 1. The number of aromatic nitrogens is 5. The summed E-state index contributed by atoms with van der Waals surface area (Å²) in [7, 11) is 0. The van der Waals surface area contributed by atoms with Gasteiger partial charge in [-0.05, 0) is 38.0 Å². The summed E-state index contributed by atoms with van der Waals surface area (Å²) in [4.78, 5) is 25.9. The van der Waals surface area contributed by atoms with Crippen molar-refractivity contribution in [3.63, 3.8) is 0 Å². The molecule has 164 valence electrons. The van der Waals surface area contributed by atoms with Crippen LogP contribution >= 0.6 is 11.6 Å². The molecule has 4 aromatic rings. The summed E-state index contributed by atoms with van der Waals surface area (Å²) in [5.74, 6) is 0.724. The lowest BCUT2D eigenvalue weighted by Crippen LogP contribution is -2.47. The summed E-state index contributed by atoms with van der Waals surface area (Å²) in [5, 5.41) is 5.25. The maximum Gasteiger partial charge on any atom is 0.182 e. The molecule has 0 amide bonds. The van der Waals surface area contributed by atoms with Crippen molar-refractivity contribution in [3.05, 3.63) is 47.6 Å². The van der Waals surface area contributed by atoms with Crippen LogP contribution in [0, 0.1) is 0 Å². The fourth-order valence-corrected chi connectivity index (χ4v) is 5.05. The van der Waals surface area contributed by atoms with Crippen molar-refractivity contribution < 1.29 is 0 Å². The van der Waals surface area contributed by atoms with Gasteiger partial charge in [0.1, 0.15) is 11.8 Å². The number of nitrogens with zero attached hydrogens (tertiary/aromatic N) is 6. The largest absolute Gasteiger partial charge is 0.367 e. The highest BCUT2D eigenvalue weighted by atomic mass is 35.5. The van der Waals surface area contributed by atoms with E-state index in [-0.39, 0.29) is 6.04 Å². The van der Waals surface area contributed by atoms with Crippen LogP contribution in [0.1, 0.15) is 31.4 Å². The Hall–Kier alpha value is -2.97. The van der Waals surface area contributed by atoms with Gasteiger partial charge in [0.15, 0.2) is 11.5 Å². The number of rotatable bonds is 5. The topological polar surface area (TPSA) is 85.9 Å². The monoisotopic (exact) mass is 448 g/mol. The normalized spacial score (nSPS) is 18.4. The second kappa shape index (κ2) is 7.86. The van der Waals surface area contributed by atoms with Crippen LogP contribution in [0.5, 0.6) is 0 Å². The summed E-state index contributed by atoms with van der Waals surface area (Å²) in [6.07, 6.45) is 7.71. The highest BCUT2D eigenvalue weighted by Crippen LogP contribution is 2.39. The number of aromatic amines is 1. The van der Waals surface area contributed by atoms with E-state index in [0.29, 0.717) is 10.7 Å². The van der Waals surface area contributed by atoms with E-state index in [1.807, 2.05) is 12.3 Å². The average molecular weight is 449 g/mol. The molecule has 4 heterocycles. The first-order valence-corrected chi connectivity index (χ1v) is 11.5. The molecule has 9 heteroatoms. The number of benzene rings is 1. The van der Waals surface area contributed by atoms with Crippen molar-refractivity contribution in [2.75, 3.05) is 36.4 Å². The van der Waals surface area contributed by atoms with Crippen molar-refractivity contribution in [1.29, 1.82) is 0 Å². The molecule has 32 heavy (non-hydrogen) atoms. The smallest absolute Gasteiger partial charge is 0.182 e. The Balaban J connectivity index is 1.40. The van der Waals surface area contributed by atoms with E-state index in [1.165, 1.54) is 19.2 Å². The maximum absolute atomic E-state index is 6.73. The summed E-state index contributed by atoms with van der Waals surface area (Å²) >= 11 is 6.73. The third-order valence-electron chi connectivity index (χ3n) is 6.58. The van der Waals surface area contributed by atoms with Gasteiger partial charge >= 0.3 is 0 Å². The molecule has 3 aromatic heterocycles. The molecule has 1 saturated heterocycles. The lowest BCUT2D eigenvalue weighted by Gasteiger charge is -2.38. The van der Waals surface area contributed by atoms with Crippen LogP contribution in [0.4, 0.5) is 11.5 Å². The zero-order valence-electron chi connectivity index (χ0n) is 17.9. The third kappa shape index (κ3) is 3.43. The molecule has 1 aliphatic carbocycles. The van der Waals surface area contributed by atoms with E-state index < -0.39 is 0 Å². The number of imidazole rings is 1. The predicted molar refractivity (Wildman–Crippen MR) is 127 cm³/mol. The van der Waals surface area contributed by atoms with Gasteiger partial charge in [0, 0.05) is 49.4 Å². The quantitative estimate of drug-likeness (QED) is 0.477. The van der Waals surface area contributed by atoms with Gasteiger partial charge in [0.2, 0.25) is 0 Å². The zero-order valence-corrected chi connectivity index (χ0v) is 18.7. The molecule has 2 N–H and O–H groups in total. The molecule has 1 aliphatic heterocycles. The SMILES string of the molecule is CC(Nc1ncnc2nc[nH]c12)c1cc(Cl)c2cccnc2c1N1CCN(C2CC2)CC1. The van der Waals surface area contributed by atoms with Gasteiger partial charge in [-0.3, -0.25) is 9.88 Å². The highest BCUT2D eigenvalue weighted by Gasteiger charge is 2.32. The van der Waals surface area contributed by atoms with Crippen molar-refractivity contribution >= 4 is 45.2 Å². The number of pyridine rings is 1.